The van der Waals surface area contributed by atoms with Crippen molar-refractivity contribution in [2.24, 2.45) is 0 Å². The Morgan fingerprint density at radius 3 is 2.94 bits per heavy atom. The number of nitrogen functional groups attached to an aromatic ring is 1. The van der Waals surface area contributed by atoms with Crippen LogP contribution in [0.25, 0.3) is 0 Å². The third kappa shape index (κ3) is 1.80. The van der Waals surface area contributed by atoms with E-state index in [2.05, 4.69) is 4.90 Å². The maximum absolute atomic E-state index is 9.42. The molecule has 0 aliphatic carbocycles. The number of hydrogen-bond acceptors (Lipinski definition) is 4. The summed E-state index contributed by atoms with van der Waals surface area (Å²) in [7, 11) is 0. The van der Waals surface area contributed by atoms with Gasteiger partial charge >= 0.3 is 0 Å². The second kappa shape index (κ2) is 3.87. The number of nitrogens with two attached hydrogens (primary N) is 1. The number of nitrogens with zero attached hydrogens (tertiary/aromatic N) is 1. The van der Waals surface area contributed by atoms with Crippen LogP contribution >= 0.6 is 0 Å². The average Bonchev–Trinajstić information content (AvgIpc) is 2.27. The Morgan fingerprint density at radius 1 is 1.50 bits per heavy atom. The zero-order valence-corrected chi connectivity index (χ0v) is 9.73. The number of benzene rings is 1. The molecule has 1 aliphatic rings. The SMILES string of the molecule is CC(C)(CO)N1CCOc2cc(N)ccc21. The molecule has 4 heteroatoms. The molecular weight excluding hydrogens is 204 g/mol. The zero-order chi connectivity index (χ0) is 11.8. The minimum absolute atomic E-state index is 0.108. The highest BCUT2D eigenvalue weighted by Crippen LogP contribution is 2.36. The molecule has 2 rings (SSSR count). The molecule has 88 valence electrons. The van der Waals surface area contributed by atoms with Crippen molar-refractivity contribution in [2.75, 3.05) is 30.4 Å². The van der Waals surface area contributed by atoms with Crippen LogP contribution in [-0.2, 0) is 0 Å². The minimum atomic E-state index is -0.283. The maximum Gasteiger partial charge on any atom is 0.144 e. The van der Waals surface area contributed by atoms with E-state index >= 15 is 0 Å². The number of hydrogen-bond donors (Lipinski definition) is 2. The molecule has 0 bridgehead atoms. The molecule has 0 atom stereocenters. The molecule has 16 heavy (non-hydrogen) atoms. The first-order valence-electron chi connectivity index (χ1n) is 5.45. The van der Waals surface area contributed by atoms with Crippen molar-refractivity contribution in [1.82, 2.24) is 0 Å². The van der Waals surface area contributed by atoms with E-state index in [4.69, 9.17) is 10.5 Å². The van der Waals surface area contributed by atoms with Crippen LogP contribution in [-0.4, -0.2) is 30.4 Å². The Kier molecular flexibility index (Phi) is 2.68. The molecular formula is C12H18N2O2. The molecule has 0 aromatic heterocycles. The van der Waals surface area contributed by atoms with Gasteiger partial charge < -0.3 is 20.5 Å². The van der Waals surface area contributed by atoms with Crippen LogP contribution < -0.4 is 15.4 Å². The molecule has 0 spiro atoms. The zero-order valence-electron chi connectivity index (χ0n) is 9.73. The van der Waals surface area contributed by atoms with Crippen molar-refractivity contribution in [3.8, 4) is 5.75 Å². The summed E-state index contributed by atoms with van der Waals surface area (Å²) in [5.74, 6) is 0.799. The summed E-state index contributed by atoms with van der Waals surface area (Å²) < 4.78 is 5.57. The lowest BCUT2D eigenvalue weighted by atomic mass is 10.0. The van der Waals surface area contributed by atoms with Crippen LogP contribution in [0, 0.1) is 0 Å². The number of fused-ring (bicyclic) bond motifs is 1. The van der Waals surface area contributed by atoms with Crippen LogP contribution in [0.1, 0.15) is 13.8 Å². The van der Waals surface area contributed by atoms with Crippen molar-refractivity contribution < 1.29 is 9.84 Å². The largest absolute Gasteiger partial charge is 0.489 e. The van der Waals surface area contributed by atoms with Crippen LogP contribution in [0.4, 0.5) is 11.4 Å². The van der Waals surface area contributed by atoms with Gasteiger partial charge in [-0.2, -0.15) is 0 Å². The third-order valence-corrected chi connectivity index (χ3v) is 2.96. The normalized spacial score (nSPS) is 15.6. The molecule has 3 N–H and O–H groups in total. The van der Waals surface area contributed by atoms with E-state index < -0.39 is 0 Å². The van der Waals surface area contributed by atoms with E-state index in [0.717, 1.165) is 18.0 Å². The second-order valence-corrected chi connectivity index (χ2v) is 4.70. The lowest BCUT2D eigenvalue weighted by molar-refractivity contribution is 0.197. The van der Waals surface area contributed by atoms with Crippen molar-refractivity contribution in [3.05, 3.63) is 18.2 Å². The molecule has 1 heterocycles. The third-order valence-electron chi connectivity index (χ3n) is 2.96. The average molecular weight is 222 g/mol. The number of aliphatic hydroxyl groups excluding tert-OH is 1. The van der Waals surface area contributed by atoms with Gasteiger partial charge in [-0.25, -0.2) is 0 Å². The number of anilines is 2. The Balaban J connectivity index is 2.40. The molecule has 1 aromatic carbocycles. The first-order valence-corrected chi connectivity index (χ1v) is 5.45. The lowest BCUT2D eigenvalue weighted by Crippen LogP contribution is -2.50. The number of rotatable bonds is 2. The van der Waals surface area contributed by atoms with Crippen LogP contribution in [0.2, 0.25) is 0 Å². The Bertz CT molecular complexity index is 391. The predicted octanol–water partition coefficient (Wildman–Crippen LogP) is 1.24. The van der Waals surface area contributed by atoms with Crippen LogP contribution in [0.15, 0.2) is 18.2 Å². The fraction of sp³-hybridized carbons (Fsp3) is 0.500. The Hall–Kier alpha value is -1.42. The number of aliphatic hydroxyl groups is 1. The highest BCUT2D eigenvalue weighted by atomic mass is 16.5. The van der Waals surface area contributed by atoms with Crippen molar-refractivity contribution in [3.63, 3.8) is 0 Å². The van der Waals surface area contributed by atoms with E-state index in [1.165, 1.54) is 0 Å². The highest BCUT2D eigenvalue weighted by Gasteiger charge is 2.30. The molecule has 0 amide bonds. The first kappa shape index (κ1) is 11.1. The van der Waals surface area contributed by atoms with E-state index in [9.17, 15) is 5.11 Å². The molecule has 0 saturated carbocycles. The minimum Gasteiger partial charge on any atom is -0.489 e. The van der Waals surface area contributed by atoms with Gasteiger partial charge in [-0.3, -0.25) is 0 Å². The molecule has 1 aromatic rings. The van der Waals surface area contributed by atoms with Crippen LogP contribution in [0.3, 0.4) is 0 Å². The van der Waals surface area contributed by atoms with Crippen molar-refractivity contribution >= 4 is 11.4 Å². The molecule has 0 fully saturated rings. The Labute approximate surface area is 95.6 Å². The standard InChI is InChI=1S/C12H18N2O2/c1-12(2,8-15)14-5-6-16-11-7-9(13)3-4-10(11)14/h3-4,7,15H,5-6,8,13H2,1-2H3. The van der Waals surface area contributed by atoms with E-state index in [1.54, 1.807) is 0 Å². The molecule has 1 aliphatic heterocycles. The molecule has 4 nitrogen and oxygen atoms in total. The summed E-state index contributed by atoms with van der Waals surface area (Å²) in [6.07, 6.45) is 0. The predicted molar refractivity (Wildman–Crippen MR) is 64.9 cm³/mol. The van der Waals surface area contributed by atoms with Gasteiger partial charge in [0.25, 0.3) is 0 Å². The van der Waals surface area contributed by atoms with Crippen LogP contribution in [0.5, 0.6) is 5.75 Å². The summed E-state index contributed by atoms with van der Waals surface area (Å²) in [6, 6.07) is 5.63. The van der Waals surface area contributed by atoms with Crippen molar-refractivity contribution in [2.45, 2.75) is 19.4 Å². The maximum atomic E-state index is 9.42. The molecule has 0 saturated heterocycles. The fourth-order valence-corrected chi connectivity index (χ4v) is 1.95. The van der Waals surface area contributed by atoms with Gasteiger partial charge in [0.1, 0.15) is 12.4 Å². The van der Waals surface area contributed by atoms with Gasteiger partial charge in [0.15, 0.2) is 0 Å². The van der Waals surface area contributed by atoms with Gasteiger partial charge in [0, 0.05) is 11.8 Å². The topological polar surface area (TPSA) is 58.7 Å². The molecule has 0 unspecified atom stereocenters. The smallest absolute Gasteiger partial charge is 0.144 e. The highest BCUT2D eigenvalue weighted by molar-refractivity contribution is 5.66. The van der Waals surface area contributed by atoms with Gasteiger partial charge in [-0.1, -0.05) is 0 Å². The summed E-state index contributed by atoms with van der Waals surface area (Å²) in [6.45, 7) is 5.54. The van der Waals surface area contributed by atoms with E-state index in [1.807, 2.05) is 32.0 Å². The monoisotopic (exact) mass is 222 g/mol. The second-order valence-electron chi connectivity index (χ2n) is 4.70. The number of ether oxygens (including phenoxy) is 1. The van der Waals surface area contributed by atoms with Crippen molar-refractivity contribution in [1.29, 1.82) is 0 Å². The van der Waals surface area contributed by atoms with Gasteiger partial charge in [0.05, 0.1) is 24.4 Å². The summed E-state index contributed by atoms with van der Waals surface area (Å²) in [5, 5.41) is 9.42. The summed E-state index contributed by atoms with van der Waals surface area (Å²) in [5.41, 5.74) is 7.13. The first-order chi connectivity index (χ1) is 7.54. The lowest BCUT2D eigenvalue weighted by Gasteiger charge is -2.42. The van der Waals surface area contributed by atoms with E-state index in [0.29, 0.717) is 12.3 Å². The Morgan fingerprint density at radius 2 is 2.25 bits per heavy atom. The molecule has 0 radical (unpaired) electrons. The fourth-order valence-electron chi connectivity index (χ4n) is 1.95. The summed E-state index contributed by atoms with van der Waals surface area (Å²) >= 11 is 0. The van der Waals surface area contributed by atoms with E-state index in [-0.39, 0.29) is 12.1 Å². The summed E-state index contributed by atoms with van der Waals surface area (Å²) in [4.78, 5) is 2.16. The van der Waals surface area contributed by atoms with Gasteiger partial charge in [-0.05, 0) is 26.0 Å². The quantitative estimate of drug-likeness (QED) is 0.739. The van der Waals surface area contributed by atoms with Gasteiger partial charge in [-0.15, -0.1) is 0 Å². The van der Waals surface area contributed by atoms with Gasteiger partial charge in [0.2, 0.25) is 0 Å².